The van der Waals surface area contributed by atoms with Gasteiger partial charge >= 0.3 is 0 Å². The van der Waals surface area contributed by atoms with Gasteiger partial charge in [-0.1, -0.05) is 0 Å². The molecule has 0 fully saturated rings. The summed E-state index contributed by atoms with van der Waals surface area (Å²) in [4.78, 5) is 29.2. The molecule has 2 heterocycles. The highest BCUT2D eigenvalue weighted by atomic mass is 16.1. The fourth-order valence-corrected chi connectivity index (χ4v) is 2.98. The first-order valence-corrected chi connectivity index (χ1v) is 7.98. The van der Waals surface area contributed by atoms with Crippen LogP contribution in [0.1, 0.15) is 58.6 Å². The van der Waals surface area contributed by atoms with Gasteiger partial charge in [0.05, 0.1) is 17.8 Å². The van der Waals surface area contributed by atoms with Crippen LogP contribution in [0.15, 0.2) is 6.20 Å². The molecule has 2 aromatic rings. The second kappa shape index (κ2) is 6.40. The topological polar surface area (TPSA) is 80.7 Å². The summed E-state index contributed by atoms with van der Waals surface area (Å²) >= 11 is 0. The molecule has 0 aromatic carbocycles. The zero-order valence-corrected chi connectivity index (χ0v) is 13.8. The Kier molecular flexibility index (Phi) is 4.32. The van der Waals surface area contributed by atoms with Gasteiger partial charge in [0.15, 0.2) is 5.78 Å². The summed E-state index contributed by atoms with van der Waals surface area (Å²) in [6.07, 6.45) is 6.11. The first-order valence-electron chi connectivity index (χ1n) is 7.98. The number of hydrogen-bond acceptors (Lipinski definition) is 6. The molecule has 0 saturated heterocycles. The Labute approximate surface area is 135 Å². The van der Waals surface area contributed by atoms with Gasteiger partial charge in [-0.25, -0.2) is 19.9 Å². The predicted molar refractivity (Wildman–Crippen MR) is 87.5 cm³/mol. The Balaban J connectivity index is 1.75. The molecule has 0 saturated carbocycles. The number of fused-ring (bicyclic) bond motifs is 1. The SMILES string of the molecule is CC(=O)c1cnc(NCc2nc(C)c3c(n2)CCCC3)nc1C. The Morgan fingerprint density at radius 2 is 1.91 bits per heavy atom. The number of ketones is 1. The summed E-state index contributed by atoms with van der Waals surface area (Å²) in [5.41, 5.74) is 4.81. The third kappa shape index (κ3) is 3.36. The molecule has 3 rings (SSSR count). The van der Waals surface area contributed by atoms with Crippen LogP contribution in [0.2, 0.25) is 0 Å². The van der Waals surface area contributed by atoms with E-state index < -0.39 is 0 Å². The van der Waals surface area contributed by atoms with Gasteiger partial charge in [0.25, 0.3) is 0 Å². The number of carbonyl (C=O) groups excluding carboxylic acids is 1. The van der Waals surface area contributed by atoms with E-state index in [1.54, 1.807) is 6.20 Å². The summed E-state index contributed by atoms with van der Waals surface area (Å²) < 4.78 is 0. The minimum absolute atomic E-state index is 0.0253. The second-order valence-electron chi connectivity index (χ2n) is 5.96. The molecule has 0 unspecified atom stereocenters. The number of aryl methyl sites for hydroxylation is 3. The van der Waals surface area contributed by atoms with Crippen LogP contribution in [-0.2, 0) is 19.4 Å². The van der Waals surface area contributed by atoms with E-state index in [9.17, 15) is 4.79 Å². The monoisotopic (exact) mass is 311 g/mol. The summed E-state index contributed by atoms with van der Waals surface area (Å²) in [5, 5.41) is 3.14. The maximum Gasteiger partial charge on any atom is 0.223 e. The van der Waals surface area contributed by atoms with Crippen LogP contribution >= 0.6 is 0 Å². The molecule has 0 atom stereocenters. The minimum atomic E-state index is -0.0253. The smallest absolute Gasteiger partial charge is 0.223 e. The van der Waals surface area contributed by atoms with Crippen molar-refractivity contribution >= 4 is 11.7 Å². The molecule has 23 heavy (non-hydrogen) atoms. The first kappa shape index (κ1) is 15.5. The molecule has 6 heteroatoms. The number of aromatic nitrogens is 4. The van der Waals surface area contributed by atoms with E-state index >= 15 is 0 Å². The minimum Gasteiger partial charge on any atom is -0.347 e. The summed E-state index contributed by atoms with van der Waals surface area (Å²) in [6, 6.07) is 0. The lowest BCUT2D eigenvalue weighted by Gasteiger charge is -2.17. The number of Topliss-reactive ketones (excluding diaryl/α,β-unsaturated/α-hetero) is 1. The third-order valence-corrected chi connectivity index (χ3v) is 4.20. The van der Waals surface area contributed by atoms with E-state index in [0.29, 0.717) is 23.8 Å². The molecular weight excluding hydrogens is 290 g/mol. The maximum atomic E-state index is 11.4. The number of anilines is 1. The van der Waals surface area contributed by atoms with E-state index in [1.807, 2.05) is 6.92 Å². The number of nitrogens with one attached hydrogen (secondary N) is 1. The normalized spacial score (nSPS) is 13.5. The van der Waals surface area contributed by atoms with Gasteiger partial charge in [0.2, 0.25) is 5.95 Å². The van der Waals surface area contributed by atoms with E-state index in [0.717, 1.165) is 24.4 Å². The highest BCUT2D eigenvalue weighted by Crippen LogP contribution is 2.21. The van der Waals surface area contributed by atoms with Crippen LogP contribution in [-0.4, -0.2) is 25.7 Å². The fraction of sp³-hybridized carbons (Fsp3) is 0.471. The van der Waals surface area contributed by atoms with Crippen molar-refractivity contribution in [2.45, 2.75) is 53.0 Å². The molecule has 6 nitrogen and oxygen atoms in total. The average Bonchev–Trinajstić information content (AvgIpc) is 2.53. The van der Waals surface area contributed by atoms with Crippen LogP contribution in [0.4, 0.5) is 5.95 Å². The van der Waals surface area contributed by atoms with Gasteiger partial charge in [0, 0.05) is 17.6 Å². The van der Waals surface area contributed by atoms with E-state index in [1.165, 1.54) is 31.0 Å². The number of rotatable bonds is 4. The van der Waals surface area contributed by atoms with Gasteiger partial charge in [-0.15, -0.1) is 0 Å². The van der Waals surface area contributed by atoms with Crippen molar-refractivity contribution in [2.75, 3.05) is 5.32 Å². The van der Waals surface area contributed by atoms with E-state index in [4.69, 9.17) is 0 Å². The summed E-state index contributed by atoms with van der Waals surface area (Å²) in [5.74, 6) is 1.23. The highest BCUT2D eigenvalue weighted by Gasteiger charge is 2.15. The van der Waals surface area contributed by atoms with Crippen LogP contribution in [0.3, 0.4) is 0 Å². The highest BCUT2D eigenvalue weighted by molar-refractivity contribution is 5.94. The summed E-state index contributed by atoms with van der Waals surface area (Å²) in [7, 11) is 0. The lowest BCUT2D eigenvalue weighted by molar-refractivity contribution is 0.101. The predicted octanol–water partition coefficient (Wildman–Crippen LogP) is 2.58. The van der Waals surface area contributed by atoms with Crippen molar-refractivity contribution in [3.05, 3.63) is 40.2 Å². The van der Waals surface area contributed by atoms with Gasteiger partial charge in [-0.2, -0.15) is 0 Å². The van der Waals surface area contributed by atoms with Crippen molar-refractivity contribution < 1.29 is 4.79 Å². The average molecular weight is 311 g/mol. The molecule has 0 bridgehead atoms. The quantitative estimate of drug-likeness (QED) is 0.874. The van der Waals surface area contributed by atoms with Gasteiger partial charge < -0.3 is 5.32 Å². The van der Waals surface area contributed by atoms with Crippen molar-refractivity contribution in [3.8, 4) is 0 Å². The lowest BCUT2D eigenvalue weighted by atomic mass is 9.95. The van der Waals surface area contributed by atoms with Crippen LogP contribution in [0.5, 0.6) is 0 Å². The van der Waals surface area contributed by atoms with Crippen molar-refractivity contribution in [2.24, 2.45) is 0 Å². The van der Waals surface area contributed by atoms with Gasteiger partial charge in [-0.05, 0) is 52.0 Å². The van der Waals surface area contributed by atoms with Gasteiger partial charge in [0.1, 0.15) is 5.82 Å². The zero-order valence-electron chi connectivity index (χ0n) is 13.8. The summed E-state index contributed by atoms with van der Waals surface area (Å²) in [6.45, 7) is 5.86. The van der Waals surface area contributed by atoms with Crippen LogP contribution in [0, 0.1) is 13.8 Å². The van der Waals surface area contributed by atoms with Crippen molar-refractivity contribution in [1.29, 1.82) is 0 Å². The maximum absolute atomic E-state index is 11.4. The second-order valence-corrected chi connectivity index (χ2v) is 5.96. The first-order chi connectivity index (χ1) is 11.0. The molecule has 2 aromatic heterocycles. The Morgan fingerprint density at radius 3 is 2.65 bits per heavy atom. The fourth-order valence-electron chi connectivity index (χ4n) is 2.98. The molecule has 0 spiro atoms. The largest absolute Gasteiger partial charge is 0.347 e. The molecule has 0 aliphatic heterocycles. The molecule has 120 valence electrons. The molecular formula is C17H21N5O. The van der Waals surface area contributed by atoms with E-state index in [2.05, 4.69) is 32.2 Å². The molecule has 0 amide bonds. The zero-order chi connectivity index (χ0) is 16.4. The Hall–Kier alpha value is -2.37. The molecule has 1 aliphatic rings. The Bertz CT molecular complexity index is 757. The molecule has 1 aliphatic carbocycles. The number of carbonyl (C=O) groups is 1. The molecule has 0 radical (unpaired) electrons. The lowest BCUT2D eigenvalue weighted by Crippen LogP contribution is -2.15. The van der Waals surface area contributed by atoms with Crippen molar-refractivity contribution in [1.82, 2.24) is 19.9 Å². The van der Waals surface area contributed by atoms with Crippen LogP contribution in [0.25, 0.3) is 0 Å². The number of nitrogens with zero attached hydrogens (tertiary/aromatic N) is 4. The number of hydrogen-bond donors (Lipinski definition) is 1. The van der Waals surface area contributed by atoms with Crippen LogP contribution < -0.4 is 5.32 Å². The van der Waals surface area contributed by atoms with Crippen molar-refractivity contribution in [3.63, 3.8) is 0 Å². The van der Waals surface area contributed by atoms with Gasteiger partial charge in [-0.3, -0.25) is 4.79 Å². The molecule has 1 N–H and O–H groups in total. The standard InChI is InChI=1S/C17H21N5O/c1-10-13-6-4-5-7-15(13)22-16(20-10)9-19-17-18-8-14(12(3)23)11(2)21-17/h8H,4-7,9H2,1-3H3,(H,18,19,21). The third-order valence-electron chi connectivity index (χ3n) is 4.20. The van der Waals surface area contributed by atoms with E-state index in [-0.39, 0.29) is 5.78 Å². The Morgan fingerprint density at radius 1 is 1.13 bits per heavy atom.